The molecule has 1 aliphatic rings. The first-order valence-corrected chi connectivity index (χ1v) is 6.63. The molecule has 0 saturated carbocycles. The van der Waals surface area contributed by atoms with Crippen LogP contribution in [0.4, 0.5) is 0 Å². The summed E-state index contributed by atoms with van der Waals surface area (Å²) < 4.78 is 0. The highest BCUT2D eigenvalue weighted by Crippen LogP contribution is 2.41. The fourth-order valence-corrected chi connectivity index (χ4v) is 2.74. The van der Waals surface area contributed by atoms with E-state index in [1.54, 1.807) is 6.07 Å². The summed E-state index contributed by atoms with van der Waals surface area (Å²) in [5.41, 5.74) is 0.642. The number of nitriles is 1. The topological polar surface area (TPSA) is 81.4 Å². The lowest BCUT2D eigenvalue weighted by Gasteiger charge is -2.19. The Balaban J connectivity index is 2.33. The van der Waals surface area contributed by atoms with Crippen LogP contribution in [0.15, 0.2) is 12.1 Å². The molecule has 0 aliphatic carbocycles. The van der Waals surface area contributed by atoms with Crippen molar-refractivity contribution in [3.63, 3.8) is 0 Å². The van der Waals surface area contributed by atoms with E-state index in [-0.39, 0.29) is 35.9 Å². The minimum atomic E-state index is -0.946. The summed E-state index contributed by atoms with van der Waals surface area (Å²) in [6, 6.07) is 4.25. The molecule has 7 heteroatoms. The van der Waals surface area contributed by atoms with Crippen LogP contribution in [0, 0.1) is 11.3 Å². The van der Waals surface area contributed by atoms with Crippen LogP contribution < -0.4 is 0 Å². The van der Waals surface area contributed by atoms with Gasteiger partial charge in [-0.1, -0.05) is 23.2 Å². The molecule has 0 bridgehead atoms. The molecule has 2 rings (SSSR count). The summed E-state index contributed by atoms with van der Waals surface area (Å²) in [5, 5.41) is 18.4. The van der Waals surface area contributed by atoms with Crippen molar-refractivity contribution in [2.75, 3.05) is 6.54 Å². The summed E-state index contributed by atoms with van der Waals surface area (Å²) >= 11 is 12.0. The monoisotopic (exact) mass is 312 g/mol. The first-order chi connectivity index (χ1) is 9.47. The highest BCUT2D eigenvalue weighted by atomic mass is 35.5. The van der Waals surface area contributed by atoms with E-state index in [1.807, 2.05) is 6.07 Å². The van der Waals surface area contributed by atoms with Crippen molar-refractivity contribution >= 4 is 35.1 Å². The summed E-state index contributed by atoms with van der Waals surface area (Å²) in [4.78, 5) is 24.1. The minimum absolute atomic E-state index is 0.0697. The third kappa shape index (κ3) is 2.45. The number of carboxylic acids is 1. The molecule has 5 nitrogen and oxygen atoms in total. The van der Waals surface area contributed by atoms with Gasteiger partial charge in [-0.05, 0) is 18.6 Å². The first-order valence-electron chi connectivity index (χ1n) is 5.87. The van der Waals surface area contributed by atoms with Crippen molar-refractivity contribution < 1.29 is 14.7 Å². The number of aliphatic carboxylic acids is 1. The molecule has 0 aromatic heterocycles. The highest BCUT2D eigenvalue weighted by molar-refractivity contribution is 6.37. The number of hydrogen-bond donors (Lipinski definition) is 1. The van der Waals surface area contributed by atoms with Gasteiger partial charge in [-0.25, -0.2) is 0 Å². The summed E-state index contributed by atoms with van der Waals surface area (Å²) in [6.07, 6.45) is 0.197. The maximum absolute atomic E-state index is 12.3. The molecule has 1 unspecified atom stereocenters. The van der Waals surface area contributed by atoms with Gasteiger partial charge in [-0.3, -0.25) is 9.59 Å². The van der Waals surface area contributed by atoms with Gasteiger partial charge in [0.05, 0.1) is 16.7 Å². The molecule has 1 heterocycles. The molecule has 1 aliphatic heterocycles. The number of halogens is 2. The van der Waals surface area contributed by atoms with Gasteiger partial charge in [0, 0.05) is 23.6 Å². The van der Waals surface area contributed by atoms with Gasteiger partial charge < -0.3 is 10.0 Å². The lowest BCUT2D eigenvalue weighted by atomic mass is 10.1. The van der Waals surface area contributed by atoms with E-state index in [1.165, 1.54) is 11.0 Å². The summed E-state index contributed by atoms with van der Waals surface area (Å²) in [5.74, 6) is -1.33. The second-order valence-corrected chi connectivity index (χ2v) is 5.16. The number of hydrogen-bond acceptors (Lipinski definition) is 3. The van der Waals surface area contributed by atoms with E-state index in [2.05, 4.69) is 0 Å². The molecular weight excluding hydrogens is 303 g/mol. The molecule has 1 atom stereocenters. The SMILES string of the molecule is N#CC1c2c(Cl)ccc(Cl)c2C(=O)N1CCCC(=O)O. The van der Waals surface area contributed by atoms with Crippen molar-refractivity contribution in [2.24, 2.45) is 0 Å². The fraction of sp³-hybridized carbons (Fsp3) is 0.308. The first kappa shape index (κ1) is 14.6. The van der Waals surface area contributed by atoms with Crippen LogP contribution in [-0.2, 0) is 4.79 Å². The Kier molecular flexibility index (Phi) is 4.17. The second-order valence-electron chi connectivity index (χ2n) is 4.35. The van der Waals surface area contributed by atoms with E-state index in [0.29, 0.717) is 10.6 Å². The zero-order chi connectivity index (χ0) is 14.9. The third-order valence-corrected chi connectivity index (χ3v) is 3.76. The molecule has 1 N–H and O–H groups in total. The molecule has 104 valence electrons. The number of rotatable bonds is 4. The lowest BCUT2D eigenvalue weighted by molar-refractivity contribution is -0.137. The Morgan fingerprint density at radius 3 is 2.65 bits per heavy atom. The number of amides is 1. The largest absolute Gasteiger partial charge is 0.481 e. The average Bonchev–Trinajstić information content (AvgIpc) is 2.68. The van der Waals surface area contributed by atoms with Gasteiger partial charge in [-0.15, -0.1) is 0 Å². The average molecular weight is 313 g/mol. The van der Waals surface area contributed by atoms with Crippen LogP contribution in [0.25, 0.3) is 0 Å². The Morgan fingerprint density at radius 2 is 2.05 bits per heavy atom. The predicted molar refractivity (Wildman–Crippen MR) is 72.7 cm³/mol. The second kappa shape index (κ2) is 5.70. The quantitative estimate of drug-likeness (QED) is 0.926. The number of nitrogens with zero attached hydrogens (tertiary/aromatic N) is 2. The van der Waals surface area contributed by atoms with Crippen LogP contribution in [0.1, 0.15) is 34.8 Å². The molecule has 0 radical (unpaired) electrons. The Labute approximate surface area is 125 Å². The third-order valence-electron chi connectivity index (χ3n) is 3.11. The molecule has 0 saturated heterocycles. The van der Waals surface area contributed by atoms with Gasteiger partial charge >= 0.3 is 5.97 Å². The zero-order valence-electron chi connectivity index (χ0n) is 10.3. The molecule has 0 fully saturated rings. The van der Waals surface area contributed by atoms with Crippen LogP contribution in [0.2, 0.25) is 10.0 Å². The van der Waals surface area contributed by atoms with Crippen molar-refractivity contribution in [1.29, 1.82) is 5.26 Å². The minimum Gasteiger partial charge on any atom is -0.481 e. The molecule has 0 spiro atoms. The van der Waals surface area contributed by atoms with Gasteiger partial charge in [0.15, 0.2) is 0 Å². The van der Waals surface area contributed by atoms with Gasteiger partial charge in [-0.2, -0.15) is 5.26 Å². The fourth-order valence-electron chi connectivity index (χ4n) is 2.23. The number of carboxylic acid groups (broad SMARTS) is 1. The van der Waals surface area contributed by atoms with Gasteiger partial charge in [0.1, 0.15) is 6.04 Å². The van der Waals surface area contributed by atoms with Crippen molar-refractivity contribution in [3.05, 3.63) is 33.3 Å². The normalized spacial score (nSPS) is 16.9. The molecule has 20 heavy (non-hydrogen) atoms. The van der Waals surface area contributed by atoms with E-state index >= 15 is 0 Å². The highest BCUT2D eigenvalue weighted by Gasteiger charge is 2.39. The number of fused-ring (bicyclic) bond motifs is 1. The van der Waals surface area contributed by atoms with Crippen LogP contribution in [-0.4, -0.2) is 28.4 Å². The van der Waals surface area contributed by atoms with Crippen molar-refractivity contribution in [2.45, 2.75) is 18.9 Å². The number of benzene rings is 1. The Hall–Kier alpha value is -1.77. The van der Waals surface area contributed by atoms with Gasteiger partial charge in [0.2, 0.25) is 0 Å². The predicted octanol–water partition coefficient (Wildman–Crippen LogP) is 2.88. The summed E-state index contributed by atoms with van der Waals surface area (Å²) in [6.45, 7) is 0.171. The van der Waals surface area contributed by atoms with Crippen LogP contribution in [0.5, 0.6) is 0 Å². The van der Waals surface area contributed by atoms with E-state index in [9.17, 15) is 14.9 Å². The molecule has 1 amide bonds. The number of carbonyl (C=O) groups excluding carboxylic acids is 1. The smallest absolute Gasteiger partial charge is 0.303 e. The van der Waals surface area contributed by atoms with Crippen molar-refractivity contribution in [3.8, 4) is 6.07 Å². The maximum atomic E-state index is 12.3. The van der Waals surface area contributed by atoms with E-state index < -0.39 is 12.0 Å². The molecule has 1 aromatic rings. The zero-order valence-corrected chi connectivity index (χ0v) is 11.8. The standard InChI is InChI=1S/C13H10Cl2N2O3/c14-7-3-4-8(15)12-11(7)9(6-16)17(13(12)20)5-1-2-10(18)19/h3-4,9H,1-2,5H2,(H,18,19). The van der Waals surface area contributed by atoms with Crippen molar-refractivity contribution in [1.82, 2.24) is 4.90 Å². The maximum Gasteiger partial charge on any atom is 0.303 e. The van der Waals surface area contributed by atoms with Crippen LogP contribution >= 0.6 is 23.2 Å². The number of carbonyl (C=O) groups is 2. The lowest BCUT2D eigenvalue weighted by Crippen LogP contribution is -2.29. The molecule has 1 aromatic carbocycles. The Morgan fingerprint density at radius 1 is 1.40 bits per heavy atom. The summed E-state index contributed by atoms with van der Waals surface area (Å²) in [7, 11) is 0. The molecular formula is C13H10Cl2N2O3. The van der Waals surface area contributed by atoms with E-state index in [0.717, 1.165) is 0 Å². The Bertz CT molecular complexity index is 625. The van der Waals surface area contributed by atoms with Gasteiger partial charge in [0.25, 0.3) is 5.91 Å². The van der Waals surface area contributed by atoms with E-state index in [4.69, 9.17) is 28.3 Å². The van der Waals surface area contributed by atoms with Crippen LogP contribution in [0.3, 0.4) is 0 Å².